The van der Waals surface area contributed by atoms with Crippen LogP contribution in [-0.4, -0.2) is 43.3 Å². The zero-order valence-corrected chi connectivity index (χ0v) is 15.7. The van der Waals surface area contributed by atoms with E-state index in [-0.39, 0.29) is 23.2 Å². The van der Waals surface area contributed by atoms with Crippen molar-refractivity contribution in [1.29, 1.82) is 0 Å². The lowest BCUT2D eigenvalue weighted by Crippen LogP contribution is -2.54. The largest absolute Gasteiger partial charge is 0.363 e. The first-order valence-electron chi connectivity index (χ1n) is 8.06. The minimum atomic E-state index is -3.60. The van der Waals surface area contributed by atoms with Gasteiger partial charge in [0, 0.05) is 36.8 Å². The molecule has 138 valence electrons. The molecule has 2 aromatic carbocycles. The standard InChI is InChI=1S/C17H18ClN3O4S/c1-13-12-19(16-8-7-14(18)11-17(16)21(22)23)9-10-20(13)26(24,25)15-5-3-2-4-6-15/h2-8,11,13H,9-10,12H2,1H3/t13-/m1/s1. The Kier molecular flexibility index (Phi) is 5.17. The third-order valence-electron chi connectivity index (χ3n) is 4.39. The number of nitrogens with zero attached hydrogens (tertiary/aromatic N) is 3. The van der Waals surface area contributed by atoms with Gasteiger partial charge in [-0.25, -0.2) is 8.42 Å². The van der Waals surface area contributed by atoms with Crippen LogP contribution < -0.4 is 4.90 Å². The Balaban J connectivity index is 1.85. The second-order valence-corrected chi connectivity index (χ2v) is 8.44. The maximum atomic E-state index is 12.8. The highest BCUT2D eigenvalue weighted by molar-refractivity contribution is 7.89. The van der Waals surface area contributed by atoms with E-state index in [4.69, 9.17) is 11.6 Å². The Bertz CT molecular complexity index is 921. The van der Waals surface area contributed by atoms with Crippen molar-refractivity contribution in [2.75, 3.05) is 24.5 Å². The molecule has 0 N–H and O–H groups in total. The quantitative estimate of drug-likeness (QED) is 0.586. The summed E-state index contributed by atoms with van der Waals surface area (Å²) in [6.07, 6.45) is 0. The molecule has 26 heavy (non-hydrogen) atoms. The first-order chi connectivity index (χ1) is 12.3. The Morgan fingerprint density at radius 2 is 1.85 bits per heavy atom. The van der Waals surface area contributed by atoms with Crippen molar-refractivity contribution in [3.8, 4) is 0 Å². The molecule has 0 aromatic heterocycles. The van der Waals surface area contributed by atoms with Crippen molar-refractivity contribution in [3.63, 3.8) is 0 Å². The van der Waals surface area contributed by atoms with Crippen LogP contribution in [0.2, 0.25) is 5.02 Å². The van der Waals surface area contributed by atoms with Crippen LogP contribution in [0.3, 0.4) is 0 Å². The van der Waals surface area contributed by atoms with Gasteiger partial charge in [-0.3, -0.25) is 10.1 Å². The van der Waals surface area contributed by atoms with E-state index in [2.05, 4.69) is 0 Å². The SMILES string of the molecule is C[C@@H]1CN(c2ccc(Cl)cc2[N+](=O)[O-])CCN1S(=O)(=O)c1ccccc1. The van der Waals surface area contributed by atoms with Crippen molar-refractivity contribution in [3.05, 3.63) is 63.7 Å². The van der Waals surface area contributed by atoms with Crippen LogP contribution in [0, 0.1) is 10.1 Å². The van der Waals surface area contributed by atoms with Gasteiger partial charge in [0.1, 0.15) is 5.69 Å². The van der Waals surface area contributed by atoms with Gasteiger partial charge in [0.2, 0.25) is 10.0 Å². The number of anilines is 1. The Morgan fingerprint density at radius 3 is 2.46 bits per heavy atom. The van der Waals surface area contributed by atoms with Crippen molar-refractivity contribution in [2.45, 2.75) is 17.9 Å². The Labute approximate surface area is 157 Å². The van der Waals surface area contributed by atoms with E-state index in [0.717, 1.165) is 0 Å². The first kappa shape index (κ1) is 18.6. The minimum Gasteiger partial charge on any atom is -0.363 e. The number of halogens is 1. The summed E-state index contributed by atoms with van der Waals surface area (Å²) >= 11 is 5.87. The molecule has 0 amide bonds. The van der Waals surface area contributed by atoms with E-state index < -0.39 is 14.9 Å². The molecule has 1 fully saturated rings. The average Bonchev–Trinajstić information content (AvgIpc) is 2.62. The number of hydrogen-bond acceptors (Lipinski definition) is 5. The maximum absolute atomic E-state index is 12.8. The van der Waals surface area contributed by atoms with Gasteiger partial charge in [0.25, 0.3) is 5.69 Å². The van der Waals surface area contributed by atoms with Crippen LogP contribution >= 0.6 is 11.6 Å². The molecule has 0 aliphatic carbocycles. The maximum Gasteiger partial charge on any atom is 0.294 e. The number of piperazine rings is 1. The summed E-state index contributed by atoms with van der Waals surface area (Å²) in [4.78, 5) is 12.9. The number of nitro benzene ring substituents is 1. The van der Waals surface area contributed by atoms with E-state index in [9.17, 15) is 18.5 Å². The molecule has 0 bridgehead atoms. The van der Waals surface area contributed by atoms with Gasteiger partial charge in [-0.2, -0.15) is 4.31 Å². The average molecular weight is 396 g/mol. The van der Waals surface area contributed by atoms with Gasteiger partial charge in [-0.1, -0.05) is 29.8 Å². The molecule has 1 saturated heterocycles. The second-order valence-electron chi connectivity index (χ2n) is 6.11. The van der Waals surface area contributed by atoms with E-state index in [0.29, 0.717) is 23.8 Å². The number of nitro groups is 1. The molecule has 0 radical (unpaired) electrons. The predicted octanol–water partition coefficient (Wildman–Crippen LogP) is 3.15. The molecule has 7 nitrogen and oxygen atoms in total. The first-order valence-corrected chi connectivity index (χ1v) is 9.88. The Hall–Kier alpha value is -2.16. The van der Waals surface area contributed by atoms with Crippen LogP contribution in [0.15, 0.2) is 53.4 Å². The highest BCUT2D eigenvalue weighted by Gasteiger charge is 2.35. The smallest absolute Gasteiger partial charge is 0.294 e. The summed E-state index contributed by atoms with van der Waals surface area (Å²) in [5, 5.41) is 11.6. The number of benzene rings is 2. The van der Waals surface area contributed by atoms with Crippen LogP contribution in [0.4, 0.5) is 11.4 Å². The summed E-state index contributed by atoms with van der Waals surface area (Å²) in [7, 11) is -3.60. The molecule has 2 aromatic rings. The van der Waals surface area contributed by atoms with E-state index in [1.165, 1.54) is 10.4 Å². The summed E-state index contributed by atoms with van der Waals surface area (Å²) in [6.45, 7) is 2.76. The van der Waals surface area contributed by atoms with Crippen LogP contribution in [-0.2, 0) is 10.0 Å². The van der Waals surface area contributed by atoms with Crippen LogP contribution in [0.5, 0.6) is 0 Å². The van der Waals surface area contributed by atoms with Gasteiger partial charge in [0.15, 0.2) is 0 Å². The topological polar surface area (TPSA) is 83.8 Å². The lowest BCUT2D eigenvalue weighted by atomic mass is 10.2. The molecule has 0 spiro atoms. The third-order valence-corrected chi connectivity index (χ3v) is 6.65. The lowest BCUT2D eigenvalue weighted by molar-refractivity contribution is -0.384. The summed E-state index contributed by atoms with van der Waals surface area (Å²) in [5.74, 6) is 0. The van der Waals surface area contributed by atoms with Gasteiger partial charge in [-0.15, -0.1) is 0 Å². The van der Waals surface area contributed by atoms with Crippen molar-refractivity contribution in [1.82, 2.24) is 4.31 Å². The van der Waals surface area contributed by atoms with Crippen molar-refractivity contribution >= 4 is 33.0 Å². The highest BCUT2D eigenvalue weighted by Crippen LogP contribution is 2.33. The number of hydrogen-bond donors (Lipinski definition) is 0. The lowest BCUT2D eigenvalue weighted by Gasteiger charge is -2.39. The summed E-state index contributed by atoms with van der Waals surface area (Å²) in [6, 6.07) is 12.5. The predicted molar refractivity (Wildman–Crippen MR) is 100 cm³/mol. The molecule has 0 unspecified atom stereocenters. The number of sulfonamides is 1. The van der Waals surface area contributed by atoms with E-state index in [1.807, 2.05) is 4.90 Å². The molecule has 1 heterocycles. The van der Waals surface area contributed by atoms with E-state index >= 15 is 0 Å². The second kappa shape index (κ2) is 7.22. The third kappa shape index (κ3) is 3.53. The molecular weight excluding hydrogens is 378 g/mol. The van der Waals surface area contributed by atoms with Gasteiger partial charge in [-0.05, 0) is 31.2 Å². The summed E-state index contributed by atoms with van der Waals surface area (Å²) in [5.41, 5.74) is 0.368. The van der Waals surface area contributed by atoms with Crippen molar-refractivity contribution in [2.24, 2.45) is 0 Å². The highest BCUT2D eigenvalue weighted by atomic mass is 35.5. The molecular formula is C17H18ClN3O4S. The summed E-state index contributed by atoms with van der Waals surface area (Å²) < 4.78 is 27.1. The van der Waals surface area contributed by atoms with Gasteiger partial charge in [0.05, 0.1) is 9.82 Å². The Morgan fingerprint density at radius 1 is 1.15 bits per heavy atom. The molecule has 9 heteroatoms. The normalized spacial score (nSPS) is 18.7. The fourth-order valence-electron chi connectivity index (χ4n) is 3.15. The molecule has 1 aliphatic heterocycles. The van der Waals surface area contributed by atoms with Gasteiger partial charge >= 0.3 is 0 Å². The fraction of sp³-hybridized carbons (Fsp3) is 0.294. The zero-order chi connectivity index (χ0) is 18.9. The fourth-order valence-corrected chi connectivity index (χ4v) is 4.96. The van der Waals surface area contributed by atoms with Crippen LogP contribution in [0.1, 0.15) is 6.92 Å². The number of rotatable bonds is 4. The molecule has 1 atom stereocenters. The van der Waals surface area contributed by atoms with Gasteiger partial charge < -0.3 is 4.90 Å². The molecule has 1 aliphatic rings. The monoisotopic (exact) mass is 395 g/mol. The molecule has 3 rings (SSSR count). The van der Waals surface area contributed by atoms with Crippen LogP contribution in [0.25, 0.3) is 0 Å². The van der Waals surface area contributed by atoms with E-state index in [1.54, 1.807) is 49.4 Å². The zero-order valence-electron chi connectivity index (χ0n) is 14.1. The molecule has 0 saturated carbocycles. The minimum absolute atomic E-state index is 0.0796. The van der Waals surface area contributed by atoms with Crippen molar-refractivity contribution < 1.29 is 13.3 Å².